The molecule has 0 saturated heterocycles. The van der Waals surface area contributed by atoms with Crippen LogP contribution in [0.2, 0.25) is 0 Å². The second-order valence-corrected chi connectivity index (χ2v) is 5.48. The Morgan fingerprint density at radius 2 is 1.95 bits per heavy atom. The minimum atomic E-state index is 0.243. The van der Waals surface area contributed by atoms with Crippen molar-refractivity contribution < 1.29 is 4.74 Å². The van der Waals surface area contributed by atoms with Crippen molar-refractivity contribution in [3.05, 3.63) is 29.8 Å². The molecule has 0 aliphatic carbocycles. The number of benzene rings is 1. The maximum Gasteiger partial charge on any atom is 0.120 e. The van der Waals surface area contributed by atoms with E-state index in [1.807, 2.05) is 7.05 Å². The van der Waals surface area contributed by atoms with Gasteiger partial charge in [-0.25, -0.2) is 0 Å². The van der Waals surface area contributed by atoms with Crippen molar-refractivity contribution in [2.45, 2.75) is 65.0 Å². The van der Waals surface area contributed by atoms with Gasteiger partial charge in [-0.3, -0.25) is 0 Å². The third-order valence-corrected chi connectivity index (χ3v) is 3.63. The molecule has 0 heterocycles. The van der Waals surface area contributed by atoms with Gasteiger partial charge in [-0.1, -0.05) is 46.2 Å². The van der Waals surface area contributed by atoms with Crippen LogP contribution in [-0.2, 0) is 0 Å². The molecule has 0 aromatic heterocycles. The summed E-state index contributed by atoms with van der Waals surface area (Å²) in [6, 6.07) is 8.92. The molecule has 1 aromatic carbocycles. The van der Waals surface area contributed by atoms with Crippen LogP contribution >= 0.6 is 0 Å². The van der Waals surface area contributed by atoms with Crippen molar-refractivity contribution in [3.63, 3.8) is 0 Å². The number of nitrogens with one attached hydrogen (secondary N) is 1. The Bertz CT molecular complexity index is 362. The van der Waals surface area contributed by atoms with Gasteiger partial charge in [-0.15, -0.1) is 0 Å². The van der Waals surface area contributed by atoms with Gasteiger partial charge in [0.1, 0.15) is 11.9 Å². The van der Waals surface area contributed by atoms with E-state index in [9.17, 15) is 0 Å². The fourth-order valence-corrected chi connectivity index (χ4v) is 2.40. The molecule has 1 N–H and O–H groups in total. The van der Waals surface area contributed by atoms with Gasteiger partial charge in [0.15, 0.2) is 0 Å². The monoisotopic (exact) mass is 263 g/mol. The lowest BCUT2D eigenvalue weighted by atomic mass is 10.0. The molecule has 0 fully saturated rings. The zero-order valence-electron chi connectivity index (χ0n) is 13.1. The van der Waals surface area contributed by atoms with E-state index in [1.54, 1.807) is 0 Å². The lowest BCUT2D eigenvalue weighted by Gasteiger charge is -2.27. The molecule has 1 rings (SSSR count). The molecule has 2 unspecified atom stereocenters. The number of hydrogen-bond donors (Lipinski definition) is 1. The molecular formula is C17H29NO. The van der Waals surface area contributed by atoms with Crippen molar-refractivity contribution in [1.29, 1.82) is 0 Å². The first-order chi connectivity index (χ1) is 9.12. The van der Waals surface area contributed by atoms with Crippen LogP contribution in [0.3, 0.4) is 0 Å². The molecule has 0 aliphatic rings. The minimum Gasteiger partial charge on any atom is -0.489 e. The Kier molecular flexibility index (Phi) is 6.93. The van der Waals surface area contributed by atoms with Crippen molar-refractivity contribution in [2.75, 3.05) is 7.05 Å². The molecule has 2 heteroatoms. The molecule has 2 nitrogen and oxygen atoms in total. The summed E-state index contributed by atoms with van der Waals surface area (Å²) >= 11 is 0. The van der Waals surface area contributed by atoms with Crippen LogP contribution in [0.1, 0.15) is 58.4 Å². The van der Waals surface area contributed by atoms with E-state index in [0.717, 1.165) is 18.6 Å². The van der Waals surface area contributed by atoms with Crippen LogP contribution in [0, 0.1) is 0 Å². The fourth-order valence-electron chi connectivity index (χ4n) is 2.40. The van der Waals surface area contributed by atoms with Crippen molar-refractivity contribution in [3.8, 4) is 5.75 Å². The zero-order valence-corrected chi connectivity index (χ0v) is 13.1. The first-order valence-electron chi connectivity index (χ1n) is 7.56. The van der Waals surface area contributed by atoms with Crippen molar-refractivity contribution in [1.82, 2.24) is 5.32 Å². The summed E-state index contributed by atoms with van der Waals surface area (Å²) in [7, 11) is 2.02. The van der Waals surface area contributed by atoms with Crippen LogP contribution < -0.4 is 10.1 Å². The Morgan fingerprint density at radius 1 is 1.21 bits per heavy atom. The lowest BCUT2D eigenvalue weighted by molar-refractivity contribution is 0.146. The molecule has 0 amide bonds. The molecule has 108 valence electrons. The molecule has 1 aromatic rings. The van der Waals surface area contributed by atoms with Gasteiger partial charge >= 0.3 is 0 Å². The smallest absolute Gasteiger partial charge is 0.120 e. The minimum absolute atomic E-state index is 0.243. The first-order valence-corrected chi connectivity index (χ1v) is 7.56. The molecule has 2 atom stereocenters. The highest BCUT2D eigenvalue weighted by molar-refractivity contribution is 5.30. The average molecular weight is 263 g/mol. The summed E-state index contributed by atoms with van der Waals surface area (Å²) < 4.78 is 6.20. The van der Waals surface area contributed by atoms with Crippen LogP contribution in [0.25, 0.3) is 0 Å². The normalized spacial score (nSPS) is 14.4. The number of likely N-dealkylation sites (N-methyl/N-ethyl adjacent to an activating group) is 1. The maximum absolute atomic E-state index is 6.20. The first kappa shape index (κ1) is 16.0. The SMILES string of the molecule is CCCC(NC)C(CC)Oc1cccc(C(C)C)c1. The van der Waals surface area contributed by atoms with Crippen LogP contribution in [0.5, 0.6) is 5.75 Å². The summed E-state index contributed by atoms with van der Waals surface area (Å²) in [5.74, 6) is 1.54. The zero-order chi connectivity index (χ0) is 14.3. The van der Waals surface area contributed by atoms with E-state index in [-0.39, 0.29) is 6.10 Å². The van der Waals surface area contributed by atoms with Gasteiger partial charge in [-0.2, -0.15) is 0 Å². The third kappa shape index (κ3) is 4.87. The summed E-state index contributed by atoms with van der Waals surface area (Å²) in [6.45, 7) is 8.83. The highest BCUT2D eigenvalue weighted by atomic mass is 16.5. The topological polar surface area (TPSA) is 21.3 Å². The van der Waals surface area contributed by atoms with Gasteiger partial charge in [0.25, 0.3) is 0 Å². The second-order valence-electron chi connectivity index (χ2n) is 5.48. The summed E-state index contributed by atoms with van der Waals surface area (Å²) in [6.07, 6.45) is 3.60. The van der Waals surface area contributed by atoms with E-state index >= 15 is 0 Å². The van der Waals surface area contributed by atoms with Crippen LogP contribution in [0.4, 0.5) is 0 Å². The molecule has 0 bridgehead atoms. The quantitative estimate of drug-likeness (QED) is 0.752. The molecule has 0 radical (unpaired) electrons. The Labute approximate surface area is 118 Å². The van der Waals surface area contributed by atoms with Gasteiger partial charge in [-0.05, 0) is 43.5 Å². The maximum atomic E-state index is 6.20. The van der Waals surface area contributed by atoms with Gasteiger partial charge in [0.05, 0.1) is 0 Å². The predicted octanol–water partition coefficient (Wildman–Crippen LogP) is 4.36. The molecule has 19 heavy (non-hydrogen) atoms. The largest absolute Gasteiger partial charge is 0.489 e. The van der Waals surface area contributed by atoms with Crippen molar-refractivity contribution in [2.24, 2.45) is 0 Å². The Balaban J connectivity index is 2.77. The molecule has 0 spiro atoms. The van der Waals surface area contributed by atoms with Crippen LogP contribution in [0.15, 0.2) is 24.3 Å². The van der Waals surface area contributed by atoms with E-state index in [2.05, 4.69) is 57.3 Å². The third-order valence-electron chi connectivity index (χ3n) is 3.63. The van der Waals surface area contributed by atoms with Crippen LogP contribution in [-0.4, -0.2) is 19.2 Å². The van der Waals surface area contributed by atoms with E-state index < -0.39 is 0 Å². The van der Waals surface area contributed by atoms with Gasteiger partial charge in [0, 0.05) is 6.04 Å². The molecule has 0 aliphatic heterocycles. The molecular weight excluding hydrogens is 234 g/mol. The summed E-state index contributed by atoms with van der Waals surface area (Å²) in [5.41, 5.74) is 1.34. The summed E-state index contributed by atoms with van der Waals surface area (Å²) in [5, 5.41) is 3.39. The summed E-state index contributed by atoms with van der Waals surface area (Å²) in [4.78, 5) is 0. The van der Waals surface area contributed by atoms with Crippen molar-refractivity contribution >= 4 is 0 Å². The van der Waals surface area contributed by atoms with E-state index in [4.69, 9.17) is 4.74 Å². The number of hydrogen-bond acceptors (Lipinski definition) is 2. The Morgan fingerprint density at radius 3 is 2.47 bits per heavy atom. The standard InChI is InChI=1S/C17H29NO/c1-6-9-16(18-5)17(7-2)19-15-11-8-10-14(12-15)13(3)4/h8,10-13,16-18H,6-7,9H2,1-5H3. The predicted molar refractivity (Wildman–Crippen MR) is 83.0 cm³/mol. The number of rotatable bonds is 8. The fraction of sp³-hybridized carbons (Fsp3) is 0.647. The Hall–Kier alpha value is -1.02. The second kappa shape index (κ2) is 8.21. The van der Waals surface area contributed by atoms with E-state index in [1.165, 1.54) is 12.0 Å². The molecule has 0 saturated carbocycles. The van der Waals surface area contributed by atoms with E-state index in [0.29, 0.717) is 12.0 Å². The van der Waals surface area contributed by atoms with Gasteiger partial charge < -0.3 is 10.1 Å². The number of ether oxygens (including phenoxy) is 1. The lowest BCUT2D eigenvalue weighted by Crippen LogP contribution is -2.40. The average Bonchev–Trinajstić information content (AvgIpc) is 2.42. The highest BCUT2D eigenvalue weighted by Gasteiger charge is 2.19. The highest BCUT2D eigenvalue weighted by Crippen LogP contribution is 2.22. The van der Waals surface area contributed by atoms with Gasteiger partial charge in [0.2, 0.25) is 0 Å².